The summed E-state index contributed by atoms with van der Waals surface area (Å²) < 4.78 is 0. The summed E-state index contributed by atoms with van der Waals surface area (Å²) >= 11 is 0. The number of rotatable bonds is 3. The molecule has 0 saturated heterocycles. The van der Waals surface area contributed by atoms with E-state index in [1.807, 2.05) is 0 Å². The summed E-state index contributed by atoms with van der Waals surface area (Å²) in [6.07, 6.45) is 1.21. The Morgan fingerprint density at radius 2 is 1.12 bits per heavy atom. The Morgan fingerprint density at radius 1 is 0.750 bits per heavy atom. The first-order chi connectivity index (χ1) is 7.42. The van der Waals surface area contributed by atoms with Crippen LogP contribution in [0.1, 0.15) is 6.92 Å². The van der Waals surface area contributed by atoms with Crippen LogP contribution >= 0.6 is 7.92 Å². The van der Waals surface area contributed by atoms with Gasteiger partial charge in [0.15, 0.2) is 0 Å². The normalized spacial score (nSPS) is 9.88. The fourth-order valence-electron chi connectivity index (χ4n) is 1.73. The van der Waals surface area contributed by atoms with Crippen LogP contribution in [-0.2, 0) is 0 Å². The molecular formula is C14H15CeP. The van der Waals surface area contributed by atoms with E-state index in [-0.39, 0.29) is 49.7 Å². The van der Waals surface area contributed by atoms with Gasteiger partial charge in [0.2, 0.25) is 0 Å². The molecule has 0 bridgehead atoms. The van der Waals surface area contributed by atoms with Gasteiger partial charge in [-0.2, -0.15) is 0 Å². The van der Waals surface area contributed by atoms with E-state index in [2.05, 4.69) is 67.6 Å². The summed E-state index contributed by atoms with van der Waals surface area (Å²) in [6.45, 7) is 2.27. The van der Waals surface area contributed by atoms with Crippen LogP contribution in [-0.4, -0.2) is 6.16 Å². The molecule has 80 valence electrons. The number of hydrogen-bond donors (Lipinski definition) is 0. The Bertz CT molecular complexity index is 360. The third-order valence-electron chi connectivity index (χ3n) is 2.45. The van der Waals surface area contributed by atoms with E-state index < -0.39 is 0 Å². The van der Waals surface area contributed by atoms with Gasteiger partial charge in [-0.25, -0.2) is 0 Å². The van der Waals surface area contributed by atoms with Gasteiger partial charge in [0.1, 0.15) is 0 Å². The van der Waals surface area contributed by atoms with Gasteiger partial charge < -0.3 is 0 Å². The molecule has 0 saturated carbocycles. The van der Waals surface area contributed by atoms with Crippen LogP contribution in [0, 0.1) is 41.7 Å². The van der Waals surface area contributed by atoms with Gasteiger partial charge in [-0.15, -0.1) is 0 Å². The summed E-state index contributed by atoms with van der Waals surface area (Å²) in [5.74, 6) is 0. The molecule has 0 aliphatic carbocycles. The molecule has 0 N–H and O–H groups in total. The van der Waals surface area contributed by atoms with Crippen molar-refractivity contribution in [2.45, 2.75) is 6.92 Å². The molecule has 2 heteroatoms. The van der Waals surface area contributed by atoms with Gasteiger partial charge >= 0.3 is 0 Å². The predicted molar refractivity (Wildman–Crippen MR) is 69.6 cm³/mol. The van der Waals surface area contributed by atoms with Crippen molar-refractivity contribution < 1.29 is 41.7 Å². The Kier molecular flexibility index (Phi) is 6.75. The molecule has 0 aliphatic rings. The van der Waals surface area contributed by atoms with Gasteiger partial charge in [0.25, 0.3) is 0 Å². The monoisotopic (exact) mass is 354 g/mol. The Balaban J connectivity index is 0.00000128. The minimum atomic E-state index is -0.149. The van der Waals surface area contributed by atoms with Crippen molar-refractivity contribution in [2.75, 3.05) is 6.16 Å². The van der Waals surface area contributed by atoms with Crippen LogP contribution in [0.25, 0.3) is 0 Å². The van der Waals surface area contributed by atoms with Crippen molar-refractivity contribution in [2.24, 2.45) is 0 Å². The number of benzene rings is 2. The van der Waals surface area contributed by atoms with Crippen LogP contribution < -0.4 is 10.6 Å². The van der Waals surface area contributed by atoms with Gasteiger partial charge in [-0.1, -0.05) is 67.6 Å². The topological polar surface area (TPSA) is 0 Å². The second kappa shape index (κ2) is 7.55. The van der Waals surface area contributed by atoms with Gasteiger partial charge in [0, 0.05) is 41.7 Å². The first-order valence-electron chi connectivity index (χ1n) is 5.29. The Labute approximate surface area is 133 Å². The minimum Gasteiger partial charge on any atom is -0.0622 e. The standard InChI is InChI=1S/C14H15P.Ce/c1-2-15(13-9-5-3-6-10-13)14-11-7-4-8-12-14;/h3-12H,2H2,1H3;. The zero-order valence-corrected chi connectivity index (χ0v) is 13.5. The van der Waals surface area contributed by atoms with E-state index in [0.717, 1.165) is 0 Å². The number of hydrogen-bond acceptors (Lipinski definition) is 0. The molecule has 0 heterocycles. The molecule has 0 amide bonds. The van der Waals surface area contributed by atoms with Gasteiger partial charge in [0.05, 0.1) is 0 Å². The zero-order valence-electron chi connectivity index (χ0n) is 9.43. The SMILES string of the molecule is CCP(c1ccccc1)c1ccccc1.[Ce]. The molecule has 0 nitrogen and oxygen atoms in total. The van der Waals surface area contributed by atoms with E-state index >= 15 is 0 Å². The smallest absolute Gasteiger partial charge is 0 e. The second-order valence-electron chi connectivity index (χ2n) is 3.42. The van der Waals surface area contributed by atoms with Crippen molar-refractivity contribution in [3.05, 3.63) is 60.7 Å². The van der Waals surface area contributed by atoms with Crippen molar-refractivity contribution in [3.8, 4) is 0 Å². The molecule has 16 heavy (non-hydrogen) atoms. The minimum absolute atomic E-state index is 0. The summed E-state index contributed by atoms with van der Waals surface area (Å²) in [7, 11) is -0.149. The summed E-state index contributed by atoms with van der Waals surface area (Å²) in [5, 5.41) is 2.95. The Morgan fingerprint density at radius 3 is 1.44 bits per heavy atom. The zero-order chi connectivity index (χ0) is 10.5. The van der Waals surface area contributed by atoms with Crippen molar-refractivity contribution in [3.63, 3.8) is 0 Å². The summed E-state index contributed by atoms with van der Waals surface area (Å²) in [4.78, 5) is 0. The van der Waals surface area contributed by atoms with E-state index in [9.17, 15) is 0 Å². The van der Waals surface area contributed by atoms with Gasteiger partial charge in [-0.3, -0.25) is 0 Å². The second-order valence-corrected chi connectivity index (χ2v) is 5.94. The third kappa shape index (κ3) is 3.63. The maximum absolute atomic E-state index is 2.27. The molecule has 0 spiro atoms. The average molecular weight is 354 g/mol. The van der Waals surface area contributed by atoms with Crippen LogP contribution in [0.2, 0.25) is 0 Å². The molecule has 0 radical (unpaired) electrons. The largest absolute Gasteiger partial charge is 0.0622 e. The summed E-state index contributed by atoms with van der Waals surface area (Å²) in [6, 6.07) is 21.6. The molecule has 2 rings (SSSR count). The maximum atomic E-state index is 2.27. The van der Waals surface area contributed by atoms with Crippen LogP contribution in [0.3, 0.4) is 0 Å². The van der Waals surface area contributed by atoms with E-state index in [1.165, 1.54) is 16.8 Å². The molecule has 0 atom stereocenters. The van der Waals surface area contributed by atoms with Crippen molar-refractivity contribution in [1.82, 2.24) is 0 Å². The molecule has 0 unspecified atom stereocenters. The first kappa shape index (κ1) is 14.3. The van der Waals surface area contributed by atoms with E-state index in [4.69, 9.17) is 0 Å². The average Bonchev–Trinajstić information content (AvgIpc) is 2.33. The molecule has 0 aliphatic heterocycles. The molecule has 2 aromatic carbocycles. The predicted octanol–water partition coefficient (Wildman–Crippen LogP) is 3.14. The quantitative estimate of drug-likeness (QED) is 0.743. The van der Waals surface area contributed by atoms with E-state index in [0.29, 0.717) is 0 Å². The molecule has 0 fully saturated rings. The van der Waals surface area contributed by atoms with Crippen LogP contribution in [0.5, 0.6) is 0 Å². The van der Waals surface area contributed by atoms with Crippen LogP contribution in [0.4, 0.5) is 0 Å². The fourth-order valence-corrected chi connectivity index (χ4v) is 3.82. The molecule has 2 aromatic rings. The van der Waals surface area contributed by atoms with Crippen molar-refractivity contribution >= 4 is 18.5 Å². The first-order valence-corrected chi connectivity index (χ1v) is 6.82. The van der Waals surface area contributed by atoms with Crippen molar-refractivity contribution in [1.29, 1.82) is 0 Å². The maximum Gasteiger partial charge on any atom is 0 e. The van der Waals surface area contributed by atoms with E-state index in [1.54, 1.807) is 0 Å². The fraction of sp³-hybridized carbons (Fsp3) is 0.143. The summed E-state index contributed by atoms with van der Waals surface area (Å²) in [5.41, 5.74) is 0. The Hall–Kier alpha value is 0.247. The molecule has 0 aromatic heterocycles. The van der Waals surface area contributed by atoms with Gasteiger partial charge in [-0.05, 0) is 24.7 Å². The molecular weight excluding hydrogens is 339 g/mol. The van der Waals surface area contributed by atoms with Crippen LogP contribution in [0.15, 0.2) is 60.7 Å². The third-order valence-corrected chi connectivity index (χ3v) is 4.93.